The van der Waals surface area contributed by atoms with Crippen LogP contribution in [0.25, 0.3) is 10.9 Å². The maximum absolute atomic E-state index is 12.4. The van der Waals surface area contributed by atoms with Crippen molar-refractivity contribution in [2.24, 2.45) is 0 Å². The van der Waals surface area contributed by atoms with Crippen molar-refractivity contribution in [3.8, 4) is 6.07 Å². The van der Waals surface area contributed by atoms with E-state index in [1.165, 1.54) is 0 Å². The number of hydrogen-bond acceptors (Lipinski definition) is 3. The van der Waals surface area contributed by atoms with E-state index in [4.69, 9.17) is 5.26 Å². The predicted molar refractivity (Wildman–Crippen MR) is 80.9 cm³/mol. The van der Waals surface area contributed by atoms with Crippen molar-refractivity contribution in [3.63, 3.8) is 0 Å². The number of nitrogens with one attached hydrogen (secondary N) is 1. The number of para-hydroxylation sites is 1. The van der Waals surface area contributed by atoms with Gasteiger partial charge in [0.1, 0.15) is 0 Å². The van der Waals surface area contributed by atoms with Gasteiger partial charge in [0.25, 0.3) is 5.91 Å². The second-order valence-electron chi connectivity index (χ2n) is 4.52. The largest absolute Gasteiger partial charge is 0.322 e. The topological polar surface area (TPSA) is 65.8 Å². The van der Waals surface area contributed by atoms with Crippen LogP contribution in [0.4, 0.5) is 5.69 Å². The molecule has 0 radical (unpaired) electrons. The maximum Gasteiger partial charge on any atom is 0.257 e. The van der Waals surface area contributed by atoms with Gasteiger partial charge in [0.15, 0.2) is 0 Å². The van der Waals surface area contributed by atoms with Crippen LogP contribution in [0.2, 0.25) is 0 Å². The van der Waals surface area contributed by atoms with Crippen molar-refractivity contribution in [1.29, 1.82) is 5.26 Å². The van der Waals surface area contributed by atoms with Crippen molar-refractivity contribution >= 4 is 22.5 Å². The van der Waals surface area contributed by atoms with Crippen LogP contribution in [-0.2, 0) is 0 Å². The molecule has 21 heavy (non-hydrogen) atoms. The standard InChI is InChI=1S/C17H11N3O/c18-11-12-6-8-14(9-7-12)20-17(21)15-5-1-3-13-4-2-10-19-16(13)15/h1-10H,(H,20,21). The Hall–Kier alpha value is -3.19. The van der Waals surface area contributed by atoms with Crippen molar-refractivity contribution in [1.82, 2.24) is 4.98 Å². The molecule has 3 rings (SSSR count). The molecule has 2 aromatic carbocycles. The monoisotopic (exact) mass is 273 g/mol. The Kier molecular flexibility index (Phi) is 3.32. The molecule has 0 aliphatic heterocycles. The summed E-state index contributed by atoms with van der Waals surface area (Å²) < 4.78 is 0. The number of pyridine rings is 1. The van der Waals surface area contributed by atoms with Crippen LogP contribution in [0.3, 0.4) is 0 Å². The summed E-state index contributed by atoms with van der Waals surface area (Å²) in [6.45, 7) is 0. The zero-order valence-corrected chi connectivity index (χ0v) is 11.1. The summed E-state index contributed by atoms with van der Waals surface area (Å²) >= 11 is 0. The number of anilines is 1. The van der Waals surface area contributed by atoms with Crippen LogP contribution in [0.5, 0.6) is 0 Å². The zero-order chi connectivity index (χ0) is 14.7. The fourth-order valence-corrected chi connectivity index (χ4v) is 2.11. The van der Waals surface area contributed by atoms with Crippen molar-refractivity contribution in [3.05, 3.63) is 71.9 Å². The number of carbonyl (C=O) groups is 1. The third kappa shape index (κ3) is 2.58. The first-order valence-corrected chi connectivity index (χ1v) is 6.43. The highest BCUT2D eigenvalue weighted by molar-refractivity contribution is 6.11. The number of carbonyl (C=O) groups excluding carboxylic acids is 1. The lowest BCUT2D eigenvalue weighted by atomic mass is 10.1. The third-order valence-electron chi connectivity index (χ3n) is 3.15. The molecule has 0 aliphatic carbocycles. The molecular weight excluding hydrogens is 262 g/mol. The highest BCUT2D eigenvalue weighted by Crippen LogP contribution is 2.18. The zero-order valence-electron chi connectivity index (χ0n) is 11.1. The van der Waals surface area contributed by atoms with E-state index >= 15 is 0 Å². The third-order valence-corrected chi connectivity index (χ3v) is 3.15. The van der Waals surface area contributed by atoms with Crippen LogP contribution < -0.4 is 5.32 Å². The molecule has 1 amide bonds. The lowest BCUT2D eigenvalue weighted by Crippen LogP contribution is -2.12. The van der Waals surface area contributed by atoms with E-state index in [0.29, 0.717) is 22.3 Å². The molecule has 1 aromatic heterocycles. The van der Waals surface area contributed by atoms with Crippen LogP contribution in [0, 0.1) is 11.3 Å². The summed E-state index contributed by atoms with van der Waals surface area (Å²) in [6.07, 6.45) is 1.67. The Bertz CT molecular complexity index is 843. The maximum atomic E-state index is 12.4. The molecule has 4 heteroatoms. The normalized spacial score (nSPS) is 10.0. The van der Waals surface area contributed by atoms with E-state index in [1.807, 2.05) is 30.3 Å². The van der Waals surface area contributed by atoms with Gasteiger partial charge in [-0.2, -0.15) is 5.26 Å². The summed E-state index contributed by atoms with van der Waals surface area (Å²) in [7, 11) is 0. The number of hydrogen-bond donors (Lipinski definition) is 1. The van der Waals surface area contributed by atoms with E-state index in [1.54, 1.807) is 36.5 Å². The van der Waals surface area contributed by atoms with Gasteiger partial charge in [0.2, 0.25) is 0 Å². The first-order valence-electron chi connectivity index (χ1n) is 6.43. The summed E-state index contributed by atoms with van der Waals surface area (Å²) in [5, 5.41) is 12.5. The van der Waals surface area contributed by atoms with Crippen LogP contribution in [-0.4, -0.2) is 10.9 Å². The van der Waals surface area contributed by atoms with Gasteiger partial charge in [-0.25, -0.2) is 0 Å². The molecule has 0 saturated heterocycles. The number of benzene rings is 2. The Morgan fingerprint density at radius 1 is 1.05 bits per heavy atom. The van der Waals surface area contributed by atoms with E-state index in [9.17, 15) is 4.79 Å². The molecule has 4 nitrogen and oxygen atoms in total. The van der Waals surface area contributed by atoms with Gasteiger partial charge in [-0.3, -0.25) is 9.78 Å². The fourth-order valence-electron chi connectivity index (χ4n) is 2.11. The number of rotatable bonds is 2. The summed E-state index contributed by atoms with van der Waals surface area (Å²) in [6, 6.07) is 18.0. The molecule has 100 valence electrons. The van der Waals surface area contributed by atoms with Gasteiger partial charge in [-0.1, -0.05) is 18.2 Å². The van der Waals surface area contributed by atoms with Gasteiger partial charge >= 0.3 is 0 Å². The van der Waals surface area contributed by atoms with Crippen LogP contribution in [0.1, 0.15) is 15.9 Å². The number of nitrogens with zero attached hydrogens (tertiary/aromatic N) is 2. The van der Waals surface area contributed by atoms with E-state index in [0.717, 1.165) is 5.39 Å². The fraction of sp³-hybridized carbons (Fsp3) is 0. The number of nitriles is 1. The number of aromatic nitrogens is 1. The van der Waals surface area contributed by atoms with Gasteiger partial charge in [-0.05, 0) is 36.4 Å². The molecule has 0 fully saturated rings. The Morgan fingerprint density at radius 2 is 1.81 bits per heavy atom. The van der Waals surface area contributed by atoms with E-state index < -0.39 is 0 Å². The van der Waals surface area contributed by atoms with Crippen LogP contribution >= 0.6 is 0 Å². The average molecular weight is 273 g/mol. The molecule has 0 spiro atoms. The van der Waals surface area contributed by atoms with Crippen molar-refractivity contribution < 1.29 is 4.79 Å². The van der Waals surface area contributed by atoms with Gasteiger partial charge in [0, 0.05) is 17.3 Å². The van der Waals surface area contributed by atoms with Crippen molar-refractivity contribution in [2.45, 2.75) is 0 Å². The Labute approximate surface area is 121 Å². The Morgan fingerprint density at radius 3 is 2.57 bits per heavy atom. The smallest absolute Gasteiger partial charge is 0.257 e. The molecule has 0 bridgehead atoms. The van der Waals surface area contributed by atoms with Gasteiger partial charge < -0.3 is 5.32 Å². The molecule has 1 heterocycles. The quantitative estimate of drug-likeness (QED) is 0.778. The second-order valence-corrected chi connectivity index (χ2v) is 4.52. The highest BCUT2D eigenvalue weighted by Gasteiger charge is 2.10. The molecule has 0 aliphatic rings. The molecule has 0 unspecified atom stereocenters. The van der Waals surface area contributed by atoms with E-state index in [-0.39, 0.29) is 5.91 Å². The minimum atomic E-state index is -0.219. The first kappa shape index (κ1) is 12.8. The summed E-state index contributed by atoms with van der Waals surface area (Å²) in [5.41, 5.74) is 2.40. The minimum Gasteiger partial charge on any atom is -0.322 e. The Balaban J connectivity index is 1.92. The molecule has 1 N–H and O–H groups in total. The van der Waals surface area contributed by atoms with Crippen molar-refractivity contribution in [2.75, 3.05) is 5.32 Å². The van der Waals surface area contributed by atoms with Crippen LogP contribution in [0.15, 0.2) is 60.8 Å². The summed E-state index contributed by atoms with van der Waals surface area (Å²) in [4.78, 5) is 16.6. The molecule has 0 atom stereocenters. The van der Waals surface area contributed by atoms with E-state index in [2.05, 4.69) is 10.3 Å². The lowest BCUT2D eigenvalue weighted by Gasteiger charge is -2.07. The predicted octanol–water partition coefficient (Wildman–Crippen LogP) is 3.36. The molecule has 3 aromatic rings. The molecule has 0 saturated carbocycles. The summed E-state index contributed by atoms with van der Waals surface area (Å²) in [5.74, 6) is -0.219. The second kappa shape index (κ2) is 5.43. The first-order chi connectivity index (χ1) is 10.3. The average Bonchev–Trinajstić information content (AvgIpc) is 2.55. The van der Waals surface area contributed by atoms with Gasteiger partial charge in [-0.15, -0.1) is 0 Å². The molecular formula is C17H11N3O. The van der Waals surface area contributed by atoms with Gasteiger partial charge in [0.05, 0.1) is 22.7 Å². The number of amides is 1. The lowest BCUT2D eigenvalue weighted by molar-refractivity contribution is 0.102. The SMILES string of the molecule is N#Cc1ccc(NC(=O)c2cccc3cccnc23)cc1. The number of fused-ring (bicyclic) bond motifs is 1. The highest BCUT2D eigenvalue weighted by atomic mass is 16.1. The minimum absolute atomic E-state index is 0.219.